The molecule has 1 heteroatoms. The van der Waals surface area contributed by atoms with Crippen LogP contribution in [0.25, 0.3) is 0 Å². The number of hydrogen-bond acceptors (Lipinski definition) is 0. The van der Waals surface area contributed by atoms with E-state index in [4.69, 9.17) is 0 Å². The van der Waals surface area contributed by atoms with Crippen LogP contribution in [-0.4, -0.2) is 29.6 Å². The molecule has 0 nitrogen and oxygen atoms in total. The molecule has 0 radical (unpaired) electrons. The molecular weight excluding hydrogens is 95.1 g/mol. The predicted octanol–water partition coefficient (Wildman–Crippen LogP) is 1.55. The molecule has 0 aliphatic heterocycles. The van der Waals surface area contributed by atoms with Crippen molar-refractivity contribution in [1.82, 2.24) is 0 Å². The van der Waals surface area contributed by atoms with Crippen LogP contribution in [0, 0.1) is 5.92 Å². The number of hydrogen-bond donors (Lipinski definition) is 0. The Morgan fingerprint density at radius 3 is 1.71 bits per heavy atom. The fourth-order valence-corrected chi connectivity index (χ4v) is 1.13. The Hall–Kier alpha value is 1.00. The third kappa shape index (κ3) is 2.73. The van der Waals surface area contributed by atoms with Crippen molar-refractivity contribution in [3.63, 3.8) is 0 Å². The van der Waals surface area contributed by atoms with Crippen molar-refractivity contribution in [1.29, 1.82) is 0 Å². The summed E-state index contributed by atoms with van der Waals surface area (Å²) in [5.41, 5.74) is 0. The van der Waals surface area contributed by atoms with Gasteiger partial charge in [0.05, 0.1) is 0 Å². The van der Waals surface area contributed by atoms with Gasteiger partial charge in [-0.15, -0.1) is 0 Å². The SMILES string of the molecule is CC1CCCC1.[NaH]. The van der Waals surface area contributed by atoms with Crippen LogP contribution in [-0.2, 0) is 0 Å². The Labute approximate surface area is 68.0 Å². The molecule has 7 heavy (non-hydrogen) atoms. The molecule has 0 N–H and O–H groups in total. The van der Waals surface area contributed by atoms with Crippen molar-refractivity contribution in [2.24, 2.45) is 5.92 Å². The maximum atomic E-state index is 2.34. The Balaban J connectivity index is 0.000000360. The van der Waals surface area contributed by atoms with Gasteiger partial charge in [0.2, 0.25) is 0 Å². The topological polar surface area (TPSA) is 0 Å². The first kappa shape index (κ1) is 8.00. The summed E-state index contributed by atoms with van der Waals surface area (Å²) in [4.78, 5) is 0. The van der Waals surface area contributed by atoms with Gasteiger partial charge in [0.15, 0.2) is 0 Å². The monoisotopic (exact) mass is 108 g/mol. The first-order valence-electron chi connectivity index (χ1n) is 2.89. The van der Waals surface area contributed by atoms with E-state index in [0.717, 1.165) is 5.92 Å². The molecular formula is C6H13Na. The van der Waals surface area contributed by atoms with E-state index < -0.39 is 0 Å². The summed E-state index contributed by atoms with van der Waals surface area (Å²) in [5.74, 6) is 1.05. The van der Waals surface area contributed by atoms with Crippen LogP contribution >= 0.6 is 0 Å². The molecule has 0 saturated heterocycles. The van der Waals surface area contributed by atoms with Gasteiger partial charge in [-0.3, -0.25) is 0 Å². The zero-order valence-corrected chi connectivity index (χ0v) is 4.41. The summed E-state index contributed by atoms with van der Waals surface area (Å²) in [6, 6.07) is 0. The third-order valence-corrected chi connectivity index (χ3v) is 1.64. The van der Waals surface area contributed by atoms with E-state index in [1.54, 1.807) is 0 Å². The third-order valence-electron chi connectivity index (χ3n) is 1.64. The minimum atomic E-state index is 0. The second-order valence-corrected chi connectivity index (χ2v) is 2.39. The molecule has 0 heterocycles. The molecule has 0 unspecified atom stereocenters. The first-order chi connectivity index (χ1) is 2.89. The van der Waals surface area contributed by atoms with Crippen molar-refractivity contribution in [3.05, 3.63) is 0 Å². The van der Waals surface area contributed by atoms with Crippen LogP contribution < -0.4 is 0 Å². The molecule has 0 amide bonds. The van der Waals surface area contributed by atoms with E-state index in [9.17, 15) is 0 Å². The average molecular weight is 108 g/mol. The molecule has 1 aliphatic carbocycles. The van der Waals surface area contributed by atoms with E-state index in [0.29, 0.717) is 0 Å². The summed E-state index contributed by atoms with van der Waals surface area (Å²) in [5, 5.41) is 0. The molecule has 0 bridgehead atoms. The average Bonchev–Trinajstić information content (AvgIpc) is 1.86. The van der Waals surface area contributed by atoms with Crippen LogP contribution in [0.2, 0.25) is 0 Å². The van der Waals surface area contributed by atoms with Gasteiger partial charge in [-0.25, -0.2) is 0 Å². The first-order valence-corrected chi connectivity index (χ1v) is 2.89. The Morgan fingerprint density at radius 2 is 1.57 bits per heavy atom. The van der Waals surface area contributed by atoms with E-state index in [-0.39, 0.29) is 29.6 Å². The van der Waals surface area contributed by atoms with E-state index in [2.05, 4.69) is 6.92 Å². The summed E-state index contributed by atoms with van der Waals surface area (Å²) < 4.78 is 0. The predicted molar refractivity (Wildman–Crippen MR) is 34.8 cm³/mol. The van der Waals surface area contributed by atoms with E-state index in [1.165, 1.54) is 25.7 Å². The van der Waals surface area contributed by atoms with Crippen molar-refractivity contribution >= 4 is 29.6 Å². The maximum absolute atomic E-state index is 2.34. The molecule has 1 fully saturated rings. The second-order valence-electron chi connectivity index (χ2n) is 2.39. The van der Waals surface area contributed by atoms with Gasteiger partial charge < -0.3 is 0 Å². The fourth-order valence-electron chi connectivity index (χ4n) is 1.13. The molecule has 38 valence electrons. The van der Waals surface area contributed by atoms with Gasteiger partial charge in [0.25, 0.3) is 0 Å². The normalized spacial score (nSPS) is 21.9. The Bertz CT molecular complexity index is 37.4. The van der Waals surface area contributed by atoms with Crippen LogP contribution in [0.15, 0.2) is 0 Å². The molecule has 0 atom stereocenters. The molecule has 1 saturated carbocycles. The molecule has 0 aromatic heterocycles. The van der Waals surface area contributed by atoms with Gasteiger partial charge in [-0.1, -0.05) is 32.6 Å². The zero-order valence-electron chi connectivity index (χ0n) is 4.41. The summed E-state index contributed by atoms with van der Waals surface area (Å²) in [7, 11) is 0. The summed E-state index contributed by atoms with van der Waals surface area (Å²) >= 11 is 0. The van der Waals surface area contributed by atoms with Gasteiger partial charge >= 0.3 is 29.6 Å². The number of rotatable bonds is 0. The van der Waals surface area contributed by atoms with Gasteiger partial charge in [-0.2, -0.15) is 0 Å². The molecule has 0 spiro atoms. The van der Waals surface area contributed by atoms with Crippen LogP contribution in [0.1, 0.15) is 32.6 Å². The summed E-state index contributed by atoms with van der Waals surface area (Å²) in [6.45, 7) is 2.34. The standard InChI is InChI=1S/C6H12.Na.H/c1-6-4-2-3-5-6;;/h6H,2-5H2,1H3;;. The van der Waals surface area contributed by atoms with Gasteiger partial charge in [0, 0.05) is 0 Å². The molecule has 1 aliphatic rings. The zero-order chi connectivity index (χ0) is 4.41. The van der Waals surface area contributed by atoms with Crippen molar-refractivity contribution in [3.8, 4) is 0 Å². The summed E-state index contributed by atoms with van der Waals surface area (Å²) in [6.07, 6.45) is 5.95. The van der Waals surface area contributed by atoms with Gasteiger partial charge in [0.1, 0.15) is 0 Å². The second kappa shape index (κ2) is 3.94. The van der Waals surface area contributed by atoms with E-state index in [1.807, 2.05) is 0 Å². The van der Waals surface area contributed by atoms with E-state index >= 15 is 0 Å². The van der Waals surface area contributed by atoms with Crippen LogP contribution in [0.3, 0.4) is 0 Å². The quantitative estimate of drug-likeness (QED) is 0.413. The Morgan fingerprint density at radius 1 is 1.14 bits per heavy atom. The van der Waals surface area contributed by atoms with Crippen molar-refractivity contribution < 1.29 is 0 Å². The minimum absolute atomic E-state index is 0. The van der Waals surface area contributed by atoms with Crippen LogP contribution in [0.5, 0.6) is 0 Å². The Kier molecular flexibility index (Phi) is 4.50. The molecule has 1 rings (SSSR count). The molecule has 0 aromatic rings. The van der Waals surface area contributed by atoms with Crippen molar-refractivity contribution in [2.75, 3.05) is 0 Å². The molecule has 0 aromatic carbocycles. The van der Waals surface area contributed by atoms with Gasteiger partial charge in [-0.05, 0) is 5.92 Å². The van der Waals surface area contributed by atoms with Crippen LogP contribution in [0.4, 0.5) is 0 Å². The van der Waals surface area contributed by atoms with Crippen molar-refractivity contribution in [2.45, 2.75) is 32.6 Å². The fraction of sp³-hybridized carbons (Fsp3) is 1.00.